The Morgan fingerprint density at radius 2 is 2.09 bits per heavy atom. The summed E-state index contributed by atoms with van der Waals surface area (Å²) < 4.78 is 12.7. The lowest BCUT2D eigenvalue weighted by atomic mass is 9.48. The number of rotatable bonds is 0. The Morgan fingerprint density at radius 3 is 2.91 bits per heavy atom. The maximum absolute atomic E-state index is 12.7. The van der Waals surface area contributed by atoms with Crippen molar-refractivity contribution < 1.29 is 19.4 Å². The first-order valence-electron chi connectivity index (χ1n) is 8.72. The molecule has 5 rings (SSSR count). The van der Waals surface area contributed by atoms with Crippen LogP contribution in [0.3, 0.4) is 0 Å². The molecule has 4 aliphatic rings. The summed E-state index contributed by atoms with van der Waals surface area (Å²) in [6.45, 7) is 4.38. The van der Waals surface area contributed by atoms with Gasteiger partial charge in [0.25, 0.3) is 0 Å². The third-order valence-corrected chi connectivity index (χ3v) is 6.82. The zero-order valence-corrected chi connectivity index (χ0v) is 13.6. The van der Waals surface area contributed by atoms with Crippen LogP contribution < -0.4 is 4.74 Å². The molecule has 2 aliphatic carbocycles. The zero-order chi connectivity index (χ0) is 16.0. The number of ether oxygens (including phenoxy) is 2. The fraction of sp³-hybridized carbons (Fsp3) is 0.632. The molecule has 122 valence electrons. The van der Waals surface area contributed by atoms with E-state index in [0.29, 0.717) is 18.1 Å². The molecular formula is C19H22O4. The number of hydrogen-bond donors (Lipinski definition) is 1. The van der Waals surface area contributed by atoms with Crippen molar-refractivity contribution in [2.24, 2.45) is 5.92 Å². The maximum Gasteiger partial charge on any atom is 0.174 e. The first-order valence-corrected chi connectivity index (χ1v) is 8.72. The zero-order valence-electron chi connectivity index (χ0n) is 13.6. The van der Waals surface area contributed by atoms with Crippen LogP contribution in [0.15, 0.2) is 12.1 Å². The third kappa shape index (κ3) is 1.36. The highest BCUT2D eigenvalue weighted by atomic mass is 16.5. The van der Waals surface area contributed by atoms with Crippen LogP contribution in [-0.4, -0.2) is 28.7 Å². The molecule has 0 bridgehead atoms. The van der Waals surface area contributed by atoms with E-state index in [-0.39, 0.29) is 23.2 Å². The van der Waals surface area contributed by atoms with E-state index in [9.17, 15) is 9.90 Å². The number of Topliss-reactive ketones (excluding diaryl/α,β-unsaturated/α-hetero) is 1. The van der Waals surface area contributed by atoms with E-state index in [0.717, 1.165) is 31.2 Å². The molecule has 2 aliphatic heterocycles. The topological polar surface area (TPSA) is 55.8 Å². The number of ketones is 1. The molecule has 1 aromatic carbocycles. The van der Waals surface area contributed by atoms with E-state index in [4.69, 9.17) is 9.47 Å². The van der Waals surface area contributed by atoms with Gasteiger partial charge in [-0.1, -0.05) is 13.0 Å². The Kier molecular flexibility index (Phi) is 2.47. The van der Waals surface area contributed by atoms with E-state index < -0.39 is 11.5 Å². The number of benzene rings is 1. The van der Waals surface area contributed by atoms with Crippen molar-refractivity contribution >= 4 is 5.78 Å². The van der Waals surface area contributed by atoms with Crippen molar-refractivity contribution in [3.63, 3.8) is 0 Å². The molecule has 4 heteroatoms. The van der Waals surface area contributed by atoms with Crippen molar-refractivity contribution in [3.8, 4) is 11.5 Å². The fourth-order valence-corrected chi connectivity index (χ4v) is 5.96. The van der Waals surface area contributed by atoms with E-state index in [1.165, 1.54) is 5.56 Å². The van der Waals surface area contributed by atoms with E-state index in [2.05, 4.69) is 13.8 Å². The average molecular weight is 314 g/mol. The first-order chi connectivity index (χ1) is 11.0. The second-order valence-electron chi connectivity index (χ2n) is 7.85. The van der Waals surface area contributed by atoms with Crippen LogP contribution >= 0.6 is 0 Å². The van der Waals surface area contributed by atoms with Gasteiger partial charge < -0.3 is 14.6 Å². The third-order valence-electron chi connectivity index (χ3n) is 6.82. The number of carbonyl (C=O) groups excluding carboxylic acids is 1. The molecule has 1 aromatic rings. The van der Waals surface area contributed by atoms with Gasteiger partial charge in [0.15, 0.2) is 23.4 Å². The number of phenolic OH excluding ortho intramolecular Hbond substituents is 1. The van der Waals surface area contributed by atoms with Gasteiger partial charge in [0, 0.05) is 12.0 Å². The Balaban J connectivity index is 1.86. The average Bonchev–Trinajstić information content (AvgIpc) is 2.88. The summed E-state index contributed by atoms with van der Waals surface area (Å²) in [5.74, 6) is 1.20. The molecule has 0 aromatic heterocycles. The molecule has 1 saturated carbocycles. The summed E-state index contributed by atoms with van der Waals surface area (Å²) in [5, 5.41) is 10.3. The number of hydrogen-bond acceptors (Lipinski definition) is 4. The molecule has 2 heterocycles. The Hall–Kier alpha value is -1.55. The van der Waals surface area contributed by atoms with Gasteiger partial charge >= 0.3 is 0 Å². The number of phenols is 1. The molecule has 1 N–H and O–H groups in total. The monoisotopic (exact) mass is 314 g/mol. The van der Waals surface area contributed by atoms with Crippen molar-refractivity contribution in [1.29, 1.82) is 0 Å². The normalized spacial score (nSPS) is 43.6. The van der Waals surface area contributed by atoms with Crippen LogP contribution in [0.25, 0.3) is 0 Å². The van der Waals surface area contributed by atoms with Gasteiger partial charge in [-0.2, -0.15) is 0 Å². The molecule has 0 radical (unpaired) electrons. The van der Waals surface area contributed by atoms with Gasteiger partial charge in [0.1, 0.15) is 0 Å². The summed E-state index contributed by atoms with van der Waals surface area (Å²) in [5.41, 5.74) is 1.54. The van der Waals surface area contributed by atoms with Gasteiger partial charge in [0.05, 0.1) is 17.1 Å². The van der Waals surface area contributed by atoms with E-state index >= 15 is 0 Å². The summed E-state index contributed by atoms with van der Waals surface area (Å²) >= 11 is 0. The first kappa shape index (κ1) is 13.8. The van der Waals surface area contributed by atoms with Crippen LogP contribution in [0.4, 0.5) is 0 Å². The predicted octanol–water partition coefficient (Wildman–Crippen LogP) is 2.88. The maximum atomic E-state index is 12.7. The fourth-order valence-electron chi connectivity index (χ4n) is 5.96. The second kappa shape index (κ2) is 4.10. The summed E-state index contributed by atoms with van der Waals surface area (Å²) in [7, 11) is 0. The Labute approximate surface area is 135 Å². The molecule has 4 nitrogen and oxygen atoms in total. The van der Waals surface area contributed by atoms with Crippen molar-refractivity contribution in [2.75, 3.05) is 0 Å². The van der Waals surface area contributed by atoms with E-state index in [1.54, 1.807) is 6.07 Å². The number of aromatic hydroxyl groups is 1. The standard InChI is InChI=1S/C19H22O4/c1-10-9-12-3-4-13(20)16-15(12)18-7-5-11(2)23-19(10,18)8-6-14(21)17(18)22-16/h3-4,10-11,17,20H,5-9H2,1-2H3/t10-,11?,17+,18+,19-/m1/s1. The molecule has 23 heavy (non-hydrogen) atoms. The highest BCUT2D eigenvalue weighted by Gasteiger charge is 2.72. The largest absolute Gasteiger partial charge is 0.504 e. The summed E-state index contributed by atoms with van der Waals surface area (Å²) in [4.78, 5) is 12.7. The van der Waals surface area contributed by atoms with Crippen LogP contribution in [0.2, 0.25) is 0 Å². The molecule has 0 amide bonds. The van der Waals surface area contributed by atoms with Gasteiger partial charge in [-0.15, -0.1) is 0 Å². The molecule has 2 fully saturated rings. The lowest BCUT2D eigenvalue weighted by Crippen LogP contribution is -2.71. The van der Waals surface area contributed by atoms with Crippen LogP contribution in [0.1, 0.15) is 50.7 Å². The minimum atomic E-state index is -0.492. The highest BCUT2D eigenvalue weighted by molar-refractivity contribution is 5.89. The molecular weight excluding hydrogens is 292 g/mol. The molecule has 1 saturated heterocycles. The quantitative estimate of drug-likeness (QED) is 0.800. The SMILES string of the molecule is CC1CC[C@]23c4c5ccc(O)c4O[C@H]2C(=O)CC[C@@]3(O1)[C@H](C)C5. The smallest absolute Gasteiger partial charge is 0.174 e. The lowest BCUT2D eigenvalue weighted by Gasteiger charge is -2.61. The van der Waals surface area contributed by atoms with Gasteiger partial charge in [-0.05, 0) is 50.2 Å². The van der Waals surface area contributed by atoms with E-state index in [1.807, 2.05) is 6.07 Å². The molecule has 5 atom stereocenters. The molecule has 1 spiro atoms. The van der Waals surface area contributed by atoms with Crippen LogP contribution in [0.5, 0.6) is 11.5 Å². The second-order valence-corrected chi connectivity index (χ2v) is 7.85. The van der Waals surface area contributed by atoms with Crippen molar-refractivity contribution in [2.45, 2.75) is 69.2 Å². The number of carbonyl (C=O) groups is 1. The molecule has 1 unspecified atom stereocenters. The van der Waals surface area contributed by atoms with Crippen molar-refractivity contribution in [1.82, 2.24) is 0 Å². The van der Waals surface area contributed by atoms with Gasteiger partial charge in [0.2, 0.25) is 0 Å². The Morgan fingerprint density at radius 1 is 1.26 bits per heavy atom. The van der Waals surface area contributed by atoms with Gasteiger partial charge in [-0.3, -0.25) is 4.79 Å². The minimum absolute atomic E-state index is 0.155. The van der Waals surface area contributed by atoms with Crippen molar-refractivity contribution in [3.05, 3.63) is 23.3 Å². The summed E-state index contributed by atoms with van der Waals surface area (Å²) in [6.07, 6.45) is 3.74. The van der Waals surface area contributed by atoms with Crippen LogP contribution in [0, 0.1) is 5.92 Å². The minimum Gasteiger partial charge on any atom is -0.504 e. The van der Waals surface area contributed by atoms with Crippen LogP contribution in [-0.2, 0) is 21.4 Å². The highest BCUT2D eigenvalue weighted by Crippen LogP contribution is 2.67. The lowest BCUT2D eigenvalue weighted by molar-refractivity contribution is -0.229. The predicted molar refractivity (Wildman–Crippen MR) is 83.8 cm³/mol. The Bertz CT molecular complexity index is 726. The van der Waals surface area contributed by atoms with Gasteiger partial charge in [-0.25, -0.2) is 0 Å². The summed E-state index contributed by atoms with van der Waals surface area (Å²) in [6, 6.07) is 3.71.